The molecule has 96 valence electrons. The predicted molar refractivity (Wildman–Crippen MR) is 63.5 cm³/mol. The Kier molecular flexibility index (Phi) is 3.02. The van der Waals surface area contributed by atoms with Crippen molar-refractivity contribution in [2.75, 3.05) is 6.54 Å². The van der Waals surface area contributed by atoms with Crippen LogP contribution < -0.4 is 5.32 Å². The molecule has 2 fully saturated rings. The fourth-order valence-electron chi connectivity index (χ4n) is 2.73. The molecular weight excluding hydrogens is 218 g/mol. The van der Waals surface area contributed by atoms with Crippen molar-refractivity contribution < 1.29 is 14.3 Å². The van der Waals surface area contributed by atoms with Gasteiger partial charge in [-0.1, -0.05) is 6.42 Å². The van der Waals surface area contributed by atoms with E-state index in [9.17, 15) is 9.59 Å². The molecule has 1 aliphatic heterocycles. The van der Waals surface area contributed by atoms with E-state index in [1.54, 1.807) is 0 Å². The summed E-state index contributed by atoms with van der Waals surface area (Å²) in [7, 11) is 0. The van der Waals surface area contributed by atoms with Crippen molar-refractivity contribution in [1.82, 2.24) is 5.32 Å². The minimum atomic E-state index is -0.496. The SMILES string of the molecule is CC(C)(C)OC(=O)C1NCCC(=O)C12CCC2. The zero-order valence-electron chi connectivity index (χ0n) is 10.8. The van der Waals surface area contributed by atoms with Gasteiger partial charge in [0.05, 0.1) is 5.41 Å². The maximum Gasteiger partial charge on any atom is 0.324 e. The molecule has 1 heterocycles. The summed E-state index contributed by atoms with van der Waals surface area (Å²) in [6.07, 6.45) is 3.22. The van der Waals surface area contributed by atoms with E-state index in [0.717, 1.165) is 19.3 Å². The van der Waals surface area contributed by atoms with Crippen LogP contribution in [0, 0.1) is 5.41 Å². The monoisotopic (exact) mass is 239 g/mol. The van der Waals surface area contributed by atoms with Crippen LogP contribution in [0.5, 0.6) is 0 Å². The summed E-state index contributed by atoms with van der Waals surface area (Å²) < 4.78 is 5.40. The number of ether oxygens (including phenoxy) is 1. The second kappa shape index (κ2) is 4.09. The number of carbonyl (C=O) groups is 2. The summed E-state index contributed by atoms with van der Waals surface area (Å²) in [4.78, 5) is 24.2. The van der Waals surface area contributed by atoms with Gasteiger partial charge in [0.2, 0.25) is 0 Å². The molecule has 0 bridgehead atoms. The van der Waals surface area contributed by atoms with Gasteiger partial charge in [-0.25, -0.2) is 0 Å². The van der Waals surface area contributed by atoms with Gasteiger partial charge in [-0.3, -0.25) is 9.59 Å². The van der Waals surface area contributed by atoms with Gasteiger partial charge >= 0.3 is 5.97 Å². The first-order valence-electron chi connectivity index (χ1n) is 6.35. The van der Waals surface area contributed by atoms with Crippen LogP contribution in [0.15, 0.2) is 0 Å². The van der Waals surface area contributed by atoms with E-state index in [1.165, 1.54) is 0 Å². The van der Waals surface area contributed by atoms with Gasteiger partial charge in [-0.2, -0.15) is 0 Å². The molecule has 1 spiro atoms. The van der Waals surface area contributed by atoms with Crippen LogP contribution in [-0.2, 0) is 14.3 Å². The summed E-state index contributed by atoms with van der Waals surface area (Å²) in [5.74, 6) is -0.0383. The normalized spacial score (nSPS) is 27.7. The Morgan fingerprint density at radius 1 is 1.41 bits per heavy atom. The molecule has 0 radical (unpaired) electrons. The summed E-state index contributed by atoms with van der Waals surface area (Å²) in [6.45, 7) is 6.14. The molecule has 1 N–H and O–H groups in total. The highest BCUT2D eigenvalue weighted by Gasteiger charge is 2.55. The van der Waals surface area contributed by atoms with Crippen LogP contribution in [-0.4, -0.2) is 29.9 Å². The zero-order valence-corrected chi connectivity index (χ0v) is 10.8. The van der Waals surface area contributed by atoms with Crippen LogP contribution in [0.2, 0.25) is 0 Å². The third-order valence-electron chi connectivity index (χ3n) is 3.70. The van der Waals surface area contributed by atoms with Crippen molar-refractivity contribution in [3.63, 3.8) is 0 Å². The molecule has 17 heavy (non-hydrogen) atoms. The lowest BCUT2D eigenvalue weighted by Gasteiger charge is -2.48. The van der Waals surface area contributed by atoms with E-state index in [1.807, 2.05) is 20.8 Å². The van der Waals surface area contributed by atoms with Gasteiger partial charge in [0, 0.05) is 13.0 Å². The van der Waals surface area contributed by atoms with Crippen LogP contribution in [0.3, 0.4) is 0 Å². The summed E-state index contributed by atoms with van der Waals surface area (Å²) >= 11 is 0. The molecule has 0 aromatic rings. The van der Waals surface area contributed by atoms with Crippen molar-refractivity contribution in [3.05, 3.63) is 0 Å². The van der Waals surface area contributed by atoms with Crippen LogP contribution in [0.4, 0.5) is 0 Å². The molecule has 2 rings (SSSR count). The third kappa shape index (κ3) is 2.23. The Bertz CT molecular complexity index is 339. The average molecular weight is 239 g/mol. The Morgan fingerprint density at radius 3 is 2.53 bits per heavy atom. The largest absolute Gasteiger partial charge is 0.459 e. The number of ketones is 1. The van der Waals surface area contributed by atoms with Crippen molar-refractivity contribution in [3.8, 4) is 0 Å². The molecule has 0 aromatic heterocycles. The standard InChI is InChI=1S/C13H21NO3/c1-12(2,3)17-11(16)10-13(6-4-7-13)9(15)5-8-14-10/h10,14H,4-8H2,1-3H3. The summed E-state index contributed by atoms with van der Waals surface area (Å²) in [5.41, 5.74) is -0.954. The predicted octanol–water partition coefficient (Wildman–Crippen LogP) is 1.43. The van der Waals surface area contributed by atoms with Crippen molar-refractivity contribution >= 4 is 11.8 Å². The van der Waals surface area contributed by atoms with E-state index >= 15 is 0 Å². The Morgan fingerprint density at radius 2 is 2.06 bits per heavy atom. The van der Waals surface area contributed by atoms with Crippen molar-refractivity contribution in [2.45, 2.75) is 58.1 Å². The number of esters is 1. The minimum absolute atomic E-state index is 0.235. The first-order valence-corrected chi connectivity index (χ1v) is 6.35. The second-order valence-corrected chi connectivity index (χ2v) is 6.10. The number of piperidine rings is 1. The average Bonchev–Trinajstić information content (AvgIpc) is 2.11. The molecule has 4 heteroatoms. The van der Waals surface area contributed by atoms with Gasteiger partial charge in [0.1, 0.15) is 17.4 Å². The molecule has 1 atom stereocenters. The number of hydrogen-bond donors (Lipinski definition) is 1. The lowest BCUT2D eigenvalue weighted by molar-refractivity contribution is -0.169. The van der Waals surface area contributed by atoms with Gasteiger partial charge in [-0.05, 0) is 33.6 Å². The number of nitrogens with one attached hydrogen (secondary N) is 1. The van der Waals surface area contributed by atoms with E-state index < -0.39 is 17.1 Å². The van der Waals surface area contributed by atoms with Gasteiger partial charge in [0.15, 0.2) is 0 Å². The molecule has 1 aliphatic carbocycles. The molecule has 0 amide bonds. The fourth-order valence-corrected chi connectivity index (χ4v) is 2.73. The van der Waals surface area contributed by atoms with Gasteiger partial charge < -0.3 is 10.1 Å². The topological polar surface area (TPSA) is 55.4 Å². The second-order valence-electron chi connectivity index (χ2n) is 6.10. The Labute approximate surface area is 102 Å². The van der Waals surface area contributed by atoms with E-state index in [-0.39, 0.29) is 11.8 Å². The molecule has 1 saturated heterocycles. The first-order chi connectivity index (χ1) is 7.85. The molecular formula is C13H21NO3. The lowest BCUT2D eigenvalue weighted by atomic mass is 9.59. The highest BCUT2D eigenvalue weighted by molar-refractivity contribution is 5.94. The van der Waals surface area contributed by atoms with E-state index in [2.05, 4.69) is 5.32 Å². The van der Waals surface area contributed by atoms with Crippen LogP contribution in [0.25, 0.3) is 0 Å². The number of hydrogen-bond acceptors (Lipinski definition) is 4. The van der Waals surface area contributed by atoms with E-state index in [0.29, 0.717) is 13.0 Å². The van der Waals surface area contributed by atoms with Crippen molar-refractivity contribution in [2.24, 2.45) is 5.41 Å². The Balaban J connectivity index is 2.13. The molecule has 1 unspecified atom stereocenters. The maximum atomic E-state index is 12.1. The number of carbonyl (C=O) groups excluding carboxylic acids is 2. The summed E-state index contributed by atoms with van der Waals surface area (Å²) in [6, 6.07) is -0.434. The van der Waals surface area contributed by atoms with E-state index in [4.69, 9.17) is 4.74 Å². The molecule has 2 aliphatic rings. The van der Waals surface area contributed by atoms with Gasteiger partial charge in [0.25, 0.3) is 0 Å². The quantitative estimate of drug-likeness (QED) is 0.703. The summed E-state index contributed by atoms with van der Waals surface area (Å²) in [5, 5.41) is 3.17. The fraction of sp³-hybridized carbons (Fsp3) is 0.846. The highest BCUT2D eigenvalue weighted by atomic mass is 16.6. The minimum Gasteiger partial charge on any atom is -0.459 e. The molecule has 0 aromatic carbocycles. The number of Topliss-reactive ketones (excluding diaryl/α,β-unsaturated/α-hetero) is 1. The van der Waals surface area contributed by atoms with Gasteiger partial charge in [-0.15, -0.1) is 0 Å². The zero-order chi connectivity index (χ0) is 12.7. The third-order valence-corrected chi connectivity index (χ3v) is 3.70. The highest BCUT2D eigenvalue weighted by Crippen LogP contribution is 2.47. The first kappa shape index (κ1) is 12.6. The smallest absolute Gasteiger partial charge is 0.324 e. The lowest BCUT2D eigenvalue weighted by Crippen LogP contribution is -2.62. The maximum absolute atomic E-state index is 12.1. The van der Waals surface area contributed by atoms with Crippen molar-refractivity contribution in [1.29, 1.82) is 0 Å². The van der Waals surface area contributed by atoms with Crippen LogP contribution >= 0.6 is 0 Å². The molecule has 1 saturated carbocycles. The Hall–Kier alpha value is -0.900. The van der Waals surface area contributed by atoms with Crippen LogP contribution in [0.1, 0.15) is 46.5 Å². The number of rotatable bonds is 1. The molecule has 4 nitrogen and oxygen atoms in total.